The highest BCUT2D eigenvalue weighted by Gasteiger charge is 2.59. The Kier molecular flexibility index (Phi) is 3.13. The van der Waals surface area contributed by atoms with Gasteiger partial charge < -0.3 is 10.4 Å². The first-order valence-corrected chi connectivity index (χ1v) is 7.88. The number of fused-ring (bicyclic) bond motifs is 2. The Labute approximate surface area is 122 Å². The number of benzene rings is 1. The van der Waals surface area contributed by atoms with Crippen molar-refractivity contribution in [3.8, 4) is 0 Å². The molecule has 0 aliphatic heterocycles. The molecular weight excluding hydrogens is 246 g/mol. The van der Waals surface area contributed by atoms with Crippen LogP contribution < -0.4 is 5.32 Å². The molecule has 110 valence electrons. The van der Waals surface area contributed by atoms with Crippen molar-refractivity contribution in [3.05, 3.63) is 29.8 Å². The molecule has 2 saturated carbocycles. The van der Waals surface area contributed by atoms with Gasteiger partial charge in [-0.2, -0.15) is 0 Å². The van der Waals surface area contributed by atoms with Crippen molar-refractivity contribution < 1.29 is 5.11 Å². The first-order chi connectivity index (χ1) is 9.34. The zero-order valence-electron chi connectivity index (χ0n) is 13.1. The maximum absolute atomic E-state index is 9.96. The Hall–Kier alpha value is -1.02. The molecule has 1 aromatic rings. The predicted molar refractivity (Wildman–Crippen MR) is 83.7 cm³/mol. The lowest BCUT2D eigenvalue weighted by atomic mass is 9.68. The predicted octanol–water partition coefficient (Wildman–Crippen LogP) is 4.37. The molecule has 4 unspecified atom stereocenters. The van der Waals surface area contributed by atoms with E-state index in [0.29, 0.717) is 16.9 Å². The zero-order valence-corrected chi connectivity index (χ0v) is 13.1. The van der Waals surface area contributed by atoms with Crippen LogP contribution in [0.5, 0.6) is 0 Å². The maximum Gasteiger partial charge on any atom is 0.0781 e. The lowest BCUT2D eigenvalue weighted by Gasteiger charge is -2.44. The summed E-state index contributed by atoms with van der Waals surface area (Å²) in [4.78, 5) is 0. The van der Waals surface area contributed by atoms with E-state index in [2.05, 4.69) is 38.2 Å². The molecule has 2 N–H and O–H groups in total. The van der Waals surface area contributed by atoms with E-state index < -0.39 is 6.10 Å². The molecule has 1 aromatic carbocycles. The monoisotopic (exact) mass is 273 g/mol. The topological polar surface area (TPSA) is 32.3 Å². The third-order valence-corrected chi connectivity index (χ3v) is 5.98. The molecule has 4 atom stereocenters. The van der Waals surface area contributed by atoms with E-state index in [9.17, 15) is 5.11 Å². The van der Waals surface area contributed by atoms with E-state index in [4.69, 9.17) is 0 Å². The second-order valence-electron chi connectivity index (χ2n) is 7.76. The van der Waals surface area contributed by atoms with Crippen molar-refractivity contribution in [3.63, 3.8) is 0 Å². The van der Waals surface area contributed by atoms with Crippen LogP contribution in [0.15, 0.2) is 24.3 Å². The minimum Gasteiger partial charge on any atom is -0.389 e. The Balaban J connectivity index is 1.92. The highest BCUT2D eigenvalue weighted by Crippen LogP contribution is 2.63. The van der Waals surface area contributed by atoms with E-state index in [1.54, 1.807) is 0 Å². The molecule has 2 aliphatic rings. The highest BCUT2D eigenvalue weighted by molar-refractivity contribution is 5.54. The van der Waals surface area contributed by atoms with Crippen LogP contribution in [-0.2, 0) is 0 Å². The summed E-state index contributed by atoms with van der Waals surface area (Å²) in [6.07, 6.45) is 3.62. The maximum atomic E-state index is 9.96. The normalized spacial score (nSPS) is 36.0. The number of hydrogen-bond acceptors (Lipinski definition) is 2. The van der Waals surface area contributed by atoms with Gasteiger partial charge in [-0.3, -0.25) is 0 Å². The highest BCUT2D eigenvalue weighted by atomic mass is 16.3. The average Bonchev–Trinajstić information content (AvgIpc) is 2.86. The summed E-state index contributed by atoms with van der Waals surface area (Å²) in [6.45, 7) is 9.09. The van der Waals surface area contributed by atoms with Crippen LogP contribution in [0.3, 0.4) is 0 Å². The summed E-state index contributed by atoms with van der Waals surface area (Å²) in [6, 6.07) is 8.68. The average molecular weight is 273 g/mol. The largest absolute Gasteiger partial charge is 0.389 e. The van der Waals surface area contributed by atoms with Crippen LogP contribution in [0.25, 0.3) is 0 Å². The fourth-order valence-corrected chi connectivity index (χ4v) is 4.81. The lowest BCUT2D eigenvalue weighted by Crippen LogP contribution is -2.46. The Morgan fingerprint density at radius 2 is 1.95 bits per heavy atom. The molecule has 2 heteroatoms. The number of anilines is 1. The smallest absolute Gasteiger partial charge is 0.0781 e. The second kappa shape index (κ2) is 4.49. The van der Waals surface area contributed by atoms with Crippen molar-refractivity contribution in [2.45, 2.75) is 59.1 Å². The number of nitrogens with one attached hydrogen (secondary N) is 1. The van der Waals surface area contributed by atoms with E-state index in [1.807, 2.05) is 19.1 Å². The van der Waals surface area contributed by atoms with Gasteiger partial charge >= 0.3 is 0 Å². The molecule has 2 nitrogen and oxygen atoms in total. The van der Waals surface area contributed by atoms with E-state index in [1.165, 1.54) is 19.3 Å². The second-order valence-corrected chi connectivity index (χ2v) is 7.76. The molecule has 0 spiro atoms. The van der Waals surface area contributed by atoms with Crippen molar-refractivity contribution in [2.24, 2.45) is 16.7 Å². The quantitative estimate of drug-likeness (QED) is 0.857. The van der Waals surface area contributed by atoms with Gasteiger partial charge in [-0.15, -0.1) is 0 Å². The van der Waals surface area contributed by atoms with Crippen LogP contribution in [0.4, 0.5) is 5.69 Å². The molecule has 2 fully saturated rings. The molecule has 0 heterocycles. The molecule has 2 aliphatic carbocycles. The Morgan fingerprint density at radius 1 is 1.25 bits per heavy atom. The fraction of sp³-hybridized carbons (Fsp3) is 0.667. The van der Waals surface area contributed by atoms with Crippen molar-refractivity contribution in [1.29, 1.82) is 0 Å². The molecule has 0 radical (unpaired) electrons. The molecule has 0 aromatic heterocycles. The van der Waals surface area contributed by atoms with Crippen LogP contribution in [0.1, 0.15) is 58.6 Å². The SMILES string of the molecule is CC(O)c1ccccc1NC1C2(C)CCC(C2)C1(C)C. The minimum atomic E-state index is -0.423. The van der Waals surface area contributed by atoms with Gasteiger partial charge in [-0.05, 0) is 49.0 Å². The summed E-state index contributed by atoms with van der Waals surface area (Å²) in [7, 11) is 0. The van der Waals surface area contributed by atoms with Crippen molar-refractivity contribution in [2.75, 3.05) is 5.32 Å². The minimum absolute atomic E-state index is 0.332. The number of rotatable bonds is 3. The summed E-state index contributed by atoms with van der Waals surface area (Å²) < 4.78 is 0. The van der Waals surface area contributed by atoms with Gasteiger partial charge in [-0.25, -0.2) is 0 Å². The van der Waals surface area contributed by atoms with Gasteiger partial charge in [0.1, 0.15) is 0 Å². The van der Waals surface area contributed by atoms with E-state index >= 15 is 0 Å². The zero-order chi connectivity index (χ0) is 14.5. The van der Waals surface area contributed by atoms with Gasteiger partial charge in [0.25, 0.3) is 0 Å². The van der Waals surface area contributed by atoms with Gasteiger partial charge in [0.15, 0.2) is 0 Å². The summed E-state index contributed by atoms with van der Waals surface area (Å²) in [5.74, 6) is 0.837. The number of aliphatic hydroxyl groups is 1. The van der Waals surface area contributed by atoms with Crippen molar-refractivity contribution in [1.82, 2.24) is 0 Å². The molecule has 3 rings (SSSR count). The standard InChI is InChI=1S/C18H27NO/c1-12(20)14-7-5-6-8-15(14)19-16-17(2,3)13-9-10-18(16,4)11-13/h5-8,12-13,16,19-20H,9-11H2,1-4H3. The van der Waals surface area contributed by atoms with Gasteiger partial charge in [-0.1, -0.05) is 39.0 Å². The summed E-state index contributed by atoms with van der Waals surface area (Å²) in [5, 5.41) is 13.8. The first kappa shape index (κ1) is 13.9. The molecular formula is C18H27NO. The summed E-state index contributed by atoms with van der Waals surface area (Å²) in [5.41, 5.74) is 2.85. The number of hydrogen-bond donors (Lipinski definition) is 2. The molecule has 2 bridgehead atoms. The lowest BCUT2D eigenvalue weighted by molar-refractivity contribution is 0.154. The van der Waals surface area contributed by atoms with Gasteiger partial charge in [0, 0.05) is 17.3 Å². The third kappa shape index (κ3) is 1.96. The van der Waals surface area contributed by atoms with E-state index in [0.717, 1.165) is 17.2 Å². The van der Waals surface area contributed by atoms with Crippen LogP contribution in [0.2, 0.25) is 0 Å². The van der Waals surface area contributed by atoms with Crippen LogP contribution in [0, 0.1) is 16.7 Å². The summed E-state index contributed by atoms with van der Waals surface area (Å²) >= 11 is 0. The Morgan fingerprint density at radius 3 is 2.55 bits per heavy atom. The van der Waals surface area contributed by atoms with Gasteiger partial charge in [0.2, 0.25) is 0 Å². The van der Waals surface area contributed by atoms with Crippen LogP contribution in [-0.4, -0.2) is 11.1 Å². The fourth-order valence-electron chi connectivity index (χ4n) is 4.81. The van der Waals surface area contributed by atoms with Gasteiger partial charge in [0.05, 0.1) is 6.10 Å². The number of para-hydroxylation sites is 1. The van der Waals surface area contributed by atoms with E-state index in [-0.39, 0.29) is 0 Å². The van der Waals surface area contributed by atoms with Crippen molar-refractivity contribution >= 4 is 5.69 Å². The number of aliphatic hydroxyl groups excluding tert-OH is 1. The molecule has 0 saturated heterocycles. The Bertz CT molecular complexity index is 503. The molecule has 20 heavy (non-hydrogen) atoms. The molecule has 0 amide bonds. The van der Waals surface area contributed by atoms with Crippen LogP contribution >= 0.6 is 0 Å². The third-order valence-electron chi connectivity index (χ3n) is 5.98. The first-order valence-electron chi connectivity index (χ1n) is 7.88.